The summed E-state index contributed by atoms with van der Waals surface area (Å²) in [5, 5.41) is 0.767. The Hall–Kier alpha value is -2.70. The molecule has 0 saturated carbocycles. The highest BCUT2D eigenvalue weighted by atomic mass is 35.5. The zero-order chi connectivity index (χ0) is 19.7. The van der Waals surface area contributed by atoms with Crippen LogP contribution in [0, 0.1) is 0 Å². The molecule has 0 fully saturated rings. The van der Waals surface area contributed by atoms with Gasteiger partial charge >= 0.3 is 5.97 Å². The fourth-order valence-corrected chi connectivity index (χ4v) is 3.19. The Morgan fingerprint density at radius 1 is 1.07 bits per heavy atom. The summed E-state index contributed by atoms with van der Waals surface area (Å²) in [5.74, 6) is -2.03. The summed E-state index contributed by atoms with van der Waals surface area (Å²) in [4.78, 5) is 41.8. The quantitative estimate of drug-likeness (QED) is 0.716. The summed E-state index contributed by atoms with van der Waals surface area (Å²) in [6.45, 7) is 2.40. The van der Waals surface area contributed by atoms with E-state index in [2.05, 4.69) is 4.99 Å². The highest BCUT2D eigenvalue weighted by Crippen LogP contribution is 2.33. The molecule has 0 bridgehead atoms. The minimum Gasteiger partial charge on any atom is -0.430 e. The molecule has 8 heteroatoms. The summed E-state index contributed by atoms with van der Waals surface area (Å²) in [6, 6.07) is 11.6. The lowest BCUT2D eigenvalue weighted by Gasteiger charge is -2.21. The number of aliphatic imine (C=N–C) groups is 1. The summed E-state index contributed by atoms with van der Waals surface area (Å²) >= 11 is 12.5. The van der Waals surface area contributed by atoms with Crippen LogP contribution in [0.5, 0.6) is 0 Å². The molecule has 2 aromatic carbocycles. The van der Waals surface area contributed by atoms with Crippen LogP contribution in [-0.4, -0.2) is 29.7 Å². The molecule has 1 atom stereocenters. The maximum absolute atomic E-state index is 12.9. The number of imide groups is 1. The molecule has 0 aromatic heterocycles. The second-order valence-electron chi connectivity index (χ2n) is 5.77. The van der Waals surface area contributed by atoms with E-state index in [0.717, 1.165) is 11.8 Å². The number of rotatable bonds is 2. The van der Waals surface area contributed by atoms with Crippen molar-refractivity contribution in [2.45, 2.75) is 20.1 Å². The Labute approximate surface area is 165 Å². The van der Waals surface area contributed by atoms with Gasteiger partial charge in [-0.2, -0.15) is 0 Å². The minimum atomic E-state index is -1.52. The number of hydrogen-bond donors (Lipinski definition) is 0. The Balaban J connectivity index is 2.33. The van der Waals surface area contributed by atoms with Crippen LogP contribution in [0.15, 0.2) is 47.5 Å². The van der Waals surface area contributed by atoms with Crippen molar-refractivity contribution >= 4 is 52.4 Å². The summed E-state index contributed by atoms with van der Waals surface area (Å²) in [5.41, 5.74) is 1.51. The minimum absolute atomic E-state index is 0.283. The summed E-state index contributed by atoms with van der Waals surface area (Å²) in [7, 11) is 0. The number of hydrogen-bond acceptors (Lipinski definition) is 5. The van der Waals surface area contributed by atoms with Crippen LogP contribution in [0.1, 0.15) is 25.0 Å². The zero-order valence-corrected chi connectivity index (χ0v) is 15.9. The van der Waals surface area contributed by atoms with E-state index >= 15 is 0 Å². The molecule has 0 saturated heterocycles. The van der Waals surface area contributed by atoms with Crippen LogP contribution in [0.3, 0.4) is 0 Å². The zero-order valence-electron chi connectivity index (χ0n) is 14.4. The van der Waals surface area contributed by atoms with Crippen LogP contribution < -0.4 is 4.90 Å². The molecule has 3 rings (SSSR count). The first kappa shape index (κ1) is 19.1. The SMILES string of the molecule is CC(=O)OC1N=C(c2ccccc2Cl)c2cc(Cl)ccc2N(C(C)=O)C1=O. The maximum atomic E-state index is 12.9. The number of fused-ring (bicyclic) bond motifs is 1. The van der Waals surface area contributed by atoms with Gasteiger partial charge in [0.1, 0.15) is 0 Å². The van der Waals surface area contributed by atoms with Crippen molar-refractivity contribution in [3.05, 3.63) is 63.6 Å². The first-order valence-corrected chi connectivity index (χ1v) is 8.69. The summed E-state index contributed by atoms with van der Waals surface area (Å²) in [6.07, 6.45) is -1.52. The number of amides is 2. The van der Waals surface area contributed by atoms with Gasteiger partial charge in [0.05, 0.1) is 11.4 Å². The van der Waals surface area contributed by atoms with E-state index in [1.165, 1.54) is 6.92 Å². The van der Waals surface area contributed by atoms with Crippen molar-refractivity contribution < 1.29 is 19.1 Å². The van der Waals surface area contributed by atoms with E-state index < -0.39 is 24.0 Å². The van der Waals surface area contributed by atoms with E-state index in [9.17, 15) is 14.4 Å². The molecule has 1 heterocycles. The maximum Gasteiger partial charge on any atom is 0.305 e. The van der Waals surface area contributed by atoms with Gasteiger partial charge in [-0.25, -0.2) is 9.89 Å². The molecule has 0 N–H and O–H groups in total. The van der Waals surface area contributed by atoms with Crippen LogP contribution in [-0.2, 0) is 19.1 Å². The van der Waals surface area contributed by atoms with Crippen LogP contribution in [0.4, 0.5) is 5.69 Å². The van der Waals surface area contributed by atoms with Gasteiger partial charge in [-0.05, 0) is 24.3 Å². The predicted octanol–water partition coefficient (Wildman–Crippen LogP) is 3.61. The average molecular weight is 405 g/mol. The topological polar surface area (TPSA) is 76.0 Å². The lowest BCUT2D eigenvalue weighted by molar-refractivity contribution is -0.152. The number of benzene rings is 2. The number of nitrogens with zero attached hydrogens (tertiary/aromatic N) is 2. The fraction of sp³-hybridized carbons (Fsp3) is 0.158. The largest absolute Gasteiger partial charge is 0.430 e. The van der Waals surface area contributed by atoms with Crippen LogP contribution >= 0.6 is 23.2 Å². The number of ether oxygens (including phenoxy) is 1. The average Bonchev–Trinajstić information content (AvgIpc) is 2.70. The lowest BCUT2D eigenvalue weighted by atomic mass is 10.00. The highest BCUT2D eigenvalue weighted by molar-refractivity contribution is 6.37. The fourth-order valence-electron chi connectivity index (χ4n) is 2.79. The van der Waals surface area contributed by atoms with Crippen molar-refractivity contribution in [3.8, 4) is 0 Å². The molecule has 0 aliphatic carbocycles. The molecule has 6 nitrogen and oxygen atoms in total. The van der Waals surface area contributed by atoms with E-state index in [4.69, 9.17) is 27.9 Å². The number of anilines is 1. The number of carbonyl (C=O) groups excluding carboxylic acids is 3. The first-order valence-electron chi connectivity index (χ1n) is 7.94. The molecule has 1 aliphatic heterocycles. The molecule has 2 amide bonds. The molecule has 2 aromatic rings. The highest BCUT2D eigenvalue weighted by Gasteiger charge is 2.36. The summed E-state index contributed by atoms with van der Waals surface area (Å²) < 4.78 is 5.07. The Bertz CT molecular complexity index is 987. The monoisotopic (exact) mass is 404 g/mol. The molecule has 1 unspecified atom stereocenters. The van der Waals surface area contributed by atoms with Gasteiger partial charge in [0.15, 0.2) is 0 Å². The van der Waals surface area contributed by atoms with Crippen molar-refractivity contribution in [3.63, 3.8) is 0 Å². The molecular formula is C19H14Cl2N2O4. The van der Waals surface area contributed by atoms with Crippen LogP contribution in [0.2, 0.25) is 10.0 Å². The van der Waals surface area contributed by atoms with Crippen LogP contribution in [0.25, 0.3) is 0 Å². The molecule has 138 valence electrons. The second kappa shape index (κ2) is 7.50. The first-order chi connectivity index (χ1) is 12.8. The lowest BCUT2D eigenvalue weighted by Crippen LogP contribution is -2.42. The van der Waals surface area contributed by atoms with Gasteiger partial charge in [-0.1, -0.05) is 41.4 Å². The number of benzodiazepines with no additional fused rings is 1. The smallest absolute Gasteiger partial charge is 0.305 e. The molecular weight excluding hydrogens is 391 g/mol. The molecule has 0 spiro atoms. The Morgan fingerprint density at radius 3 is 2.41 bits per heavy atom. The van der Waals surface area contributed by atoms with Crippen molar-refractivity contribution in [2.24, 2.45) is 4.99 Å². The van der Waals surface area contributed by atoms with Gasteiger partial charge in [0, 0.05) is 35.0 Å². The number of esters is 1. The molecule has 0 radical (unpaired) electrons. The third-order valence-corrected chi connectivity index (χ3v) is 4.42. The molecule has 27 heavy (non-hydrogen) atoms. The van der Waals surface area contributed by atoms with E-state index in [1.54, 1.807) is 42.5 Å². The third kappa shape index (κ3) is 3.72. The second-order valence-corrected chi connectivity index (χ2v) is 6.62. The number of carbonyl (C=O) groups is 3. The molecule has 1 aliphatic rings. The predicted molar refractivity (Wildman–Crippen MR) is 102 cm³/mol. The van der Waals surface area contributed by atoms with Crippen molar-refractivity contribution in [1.29, 1.82) is 0 Å². The van der Waals surface area contributed by atoms with Gasteiger partial charge in [0.25, 0.3) is 12.1 Å². The van der Waals surface area contributed by atoms with E-state index in [0.29, 0.717) is 26.9 Å². The normalized spacial score (nSPS) is 16.3. The number of halogens is 2. The van der Waals surface area contributed by atoms with E-state index in [-0.39, 0.29) is 5.69 Å². The van der Waals surface area contributed by atoms with Gasteiger partial charge in [0.2, 0.25) is 5.91 Å². The van der Waals surface area contributed by atoms with Gasteiger partial charge in [-0.3, -0.25) is 14.4 Å². The Morgan fingerprint density at radius 2 is 1.78 bits per heavy atom. The van der Waals surface area contributed by atoms with Crippen molar-refractivity contribution in [2.75, 3.05) is 4.90 Å². The van der Waals surface area contributed by atoms with Gasteiger partial charge < -0.3 is 4.74 Å². The standard InChI is InChI=1S/C19H14Cl2N2O4/c1-10(24)23-16-8-7-12(20)9-14(16)17(13-5-3-4-6-15(13)21)22-18(19(23)26)27-11(2)25/h3-9,18H,1-2H3. The Kier molecular flexibility index (Phi) is 5.30. The van der Waals surface area contributed by atoms with Gasteiger partial charge in [-0.15, -0.1) is 0 Å². The third-order valence-electron chi connectivity index (χ3n) is 3.85. The van der Waals surface area contributed by atoms with E-state index in [1.807, 2.05) is 0 Å². The van der Waals surface area contributed by atoms with Crippen molar-refractivity contribution in [1.82, 2.24) is 0 Å².